The zero-order valence-corrected chi connectivity index (χ0v) is 19.4. The summed E-state index contributed by atoms with van der Waals surface area (Å²) in [5, 5.41) is 4.63. The topological polar surface area (TPSA) is 140 Å². The molecule has 0 heterocycles. The molecule has 0 bridgehead atoms. The molecule has 11 heteroatoms. The van der Waals surface area contributed by atoms with Gasteiger partial charge in [0.15, 0.2) is 6.61 Å². The number of esters is 1. The Balaban J connectivity index is 1.92. The highest BCUT2D eigenvalue weighted by molar-refractivity contribution is 7.89. The number of aryl methyl sites for hydroxylation is 1. The quantitative estimate of drug-likeness (QED) is 0.392. The van der Waals surface area contributed by atoms with E-state index < -0.39 is 34.5 Å². The molecule has 0 saturated heterocycles. The number of benzene rings is 2. The van der Waals surface area contributed by atoms with Gasteiger partial charge in [0.25, 0.3) is 5.91 Å². The summed E-state index contributed by atoms with van der Waals surface area (Å²) in [7, 11) is -1.18. The van der Waals surface area contributed by atoms with Crippen molar-refractivity contribution in [1.29, 1.82) is 0 Å². The minimum atomic E-state index is -3.78. The fourth-order valence-corrected chi connectivity index (χ4v) is 3.60. The maximum Gasteiger partial charge on any atom is 0.331 e. The molecule has 176 valence electrons. The minimum Gasteiger partial charge on any atom is -0.495 e. The number of hydrogen-bond acceptors (Lipinski definition) is 7. The van der Waals surface area contributed by atoms with Crippen molar-refractivity contribution in [2.75, 3.05) is 26.1 Å². The van der Waals surface area contributed by atoms with Crippen LogP contribution in [-0.2, 0) is 24.3 Å². The third kappa shape index (κ3) is 7.16. The molecule has 3 N–H and O–H groups in total. The Morgan fingerprint density at radius 1 is 1.09 bits per heavy atom. The van der Waals surface area contributed by atoms with E-state index in [0.29, 0.717) is 11.3 Å². The second-order valence-corrected chi connectivity index (χ2v) is 8.66. The Kier molecular flexibility index (Phi) is 8.71. The third-order valence-corrected chi connectivity index (χ3v) is 6.04. The molecular formula is C22H25N3O7S. The zero-order chi connectivity index (χ0) is 24.6. The lowest BCUT2D eigenvalue weighted by Gasteiger charge is -2.10. The van der Waals surface area contributed by atoms with Gasteiger partial charge in [-0.2, -0.15) is 0 Å². The molecule has 0 aromatic heterocycles. The van der Waals surface area contributed by atoms with E-state index in [1.165, 1.54) is 32.4 Å². The highest BCUT2D eigenvalue weighted by Gasteiger charge is 2.18. The molecule has 0 radical (unpaired) electrons. The Bertz CT molecular complexity index is 1190. The number of carbonyl (C=O) groups is 3. The second-order valence-electron chi connectivity index (χ2n) is 6.81. The number of hydrogen-bond donors (Lipinski definition) is 3. The maximum absolute atomic E-state index is 12.1. The Labute approximate surface area is 192 Å². The van der Waals surface area contributed by atoms with Crippen molar-refractivity contribution in [2.45, 2.75) is 18.7 Å². The van der Waals surface area contributed by atoms with Crippen LogP contribution in [0.25, 0.3) is 6.08 Å². The number of urea groups is 1. The van der Waals surface area contributed by atoms with Crippen LogP contribution in [0.15, 0.2) is 47.4 Å². The van der Waals surface area contributed by atoms with Crippen molar-refractivity contribution in [3.05, 3.63) is 59.2 Å². The van der Waals surface area contributed by atoms with E-state index in [2.05, 4.69) is 15.4 Å². The molecule has 0 fully saturated rings. The number of carbonyl (C=O) groups excluding carboxylic acids is 3. The summed E-state index contributed by atoms with van der Waals surface area (Å²) >= 11 is 0. The van der Waals surface area contributed by atoms with E-state index in [1.54, 1.807) is 18.2 Å². The molecule has 10 nitrogen and oxygen atoms in total. The molecule has 0 aliphatic carbocycles. The summed E-state index contributed by atoms with van der Waals surface area (Å²) < 4.78 is 36.3. The predicted octanol–water partition coefficient (Wildman–Crippen LogP) is 2.12. The molecule has 2 aromatic rings. The molecule has 2 rings (SSSR count). The number of methoxy groups -OCH3 is 1. The number of amides is 3. The zero-order valence-electron chi connectivity index (χ0n) is 18.6. The number of ether oxygens (including phenoxy) is 2. The van der Waals surface area contributed by atoms with Crippen molar-refractivity contribution in [1.82, 2.24) is 10.0 Å². The highest BCUT2D eigenvalue weighted by Crippen LogP contribution is 2.25. The predicted molar refractivity (Wildman–Crippen MR) is 122 cm³/mol. The largest absolute Gasteiger partial charge is 0.495 e. The van der Waals surface area contributed by atoms with Crippen LogP contribution in [0.3, 0.4) is 0 Å². The van der Waals surface area contributed by atoms with Gasteiger partial charge in [-0.05, 0) is 61.9 Å². The van der Waals surface area contributed by atoms with E-state index in [4.69, 9.17) is 9.47 Å². The monoisotopic (exact) mass is 475 g/mol. The second kappa shape index (κ2) is 11.2. The van der Waals surface area contributed by atoms with Gasteiger partial charge in [-0.1, -0.05) is 18.2 Å². The first-order valence-corrected chi connectivity index (χ1v) is 11.2. The summed E-state index contributed by atoms with van der Waals surface area (Å²) in [6, 6.07) is 8.91. The fourth-order valence-electron chi connectivity index (χ4n) is 2.67. The number of anilines is 1. The van der Waals surface area contributed by atoms with Crippen molar-refractivity contribution in [2.24, 2.45) is 0 Å². The molecule has 0 aliphatic heterocycles. The van der Waals surface area contributed by atoms with Crippen molar-refractivity contribution in [3.63, 3.8) is 0 Å². The molecule has 33 heavy (non-hydrogen) atoms. The average molecular weight is 476 g/mol. The molecule has 3 amide bonds. The molecule has 2 aromatic carbocycles. The number of nitrogens with one attached hydrogen (secondary N) is 3. The Hall–Kier alpha value is -3.70. The van der Waals surface area contributed by atoms with E-state index in [1.807, 2.05) is 19.9 Å². The van der Waals surface area contributed by atoms with Crippen molar-refractivity contribution in [3.8, 4) is 5.75 Å². The summed E-state index contributed by atoms with van der Waals surface area (Å²) in [6.45, 7) is 3.05. The molecule has 0 atom stereocenters. The van der Waals surface area contributed by atoms with Crippen LogP contribution in [0.2, 0.25) is 0 Å². The average Bonchev–Trinajstić information content (AvgIpc) is 2.79. The Morgan fingerprint density at radius 2 is 1.82 bits per heavy atom. The van der Waals surface area contributed by atoms with Crippen LogP contribution in [0, 0.1) is 13.8 Å². The summed E-state index contributed by atoms with van der Waals surface area (Å²) in [6.07, 6.45) is 2.35. The van der Waals surface area contributed by atoms with Gasteiger partial charge in [0.05, 0.1) is 7.11 Å². The Morgan fingerprint density at radius 3 is 2.48 bits per heavy atom. The van der Waals surface area contributed by atoms with E-state index in [-0.39, 0.29) is 10.6 Å². The van der Waals surface area contributed by atoms with Gasteiger partial charge >= 0.3 is 12.0 Å². The third-order valence-electron chi connectivity index (χ3n) is 4.61. The first-order chi connectivity index (χ1) is 15.6. The molecule has 0 spiro atoms. The molecule has 0 saturated carbocycles. The van der Waals surface area contributed by atoms with Crippen molar-refractivity contribution < 1.29 is 32.3 Å². The summed E-state index contributed by atoms with van der Waals surface area (Å²) in [5.74, 6) is -1.53. The van der Waals surface area contributed by atoms with Crippen molar-refractivity contribution >= 4 is 39.7 Å². The smallest absolute Gasteiger partial charge is 0.331 e. The van der Waals surface area contributed by atoms with Crippen LogP contribution in [-0.4, -0.2) is 47.1 Å². The minimum absolute atomic E-state index is 0.0998. The highest BCUT2D eigenvalue weighted by atomic mass is 32.2. The lowest BCUT2D eigenvalue weighted by Crippen LogP contribution is -2.37. The number of imide groups is 1. The van der Waals surface area contributed by atoms with Gasteiger partial charge in [-0.15, -0.1) is 0 Å². The summed E-state index contributed by atoms with van der Waals surface area (Å²) in [5.41, 5.74) is 2.78. The van der Waals surface area contributed by atoms with Gasteiger partial charge in [0.2, 0.25) is 10.0 Å². The molecule has 0 aliphatic rings. The first-order valence-electron chi connectivity index (χ1n) is 9.71. The van der Waals surface area contributed by atoms with E-state index in [9.17, 15) is 22.8 Å². The molecular weight excluding hydrogens is 450 g/mol. The maximum atomic E-state index is 12.1. The van der Waals surface area contributed by atoms with Gasteiger partial charge in [-0.3, -0.25) is 10.1 Å². The molecule has 0 unspecified atom stereocenters. The van der Waals surface area contributed by atoms with Gasteiger partial charge in [0, 0.05) is 11.8 Å². The van der Waals surface area contributed by atoms with Crippen LogP contribution in [0.1, 0.15) is 16.7 Å². The standard InChI is InChI=1S/C22H25N3O7S/c1-14-6-5-7-17(15(14)2)24-22(28)25-20(26)13-32-21(27)11-9-16-8-10-18(31-4)19(12-16)33(29,30)23-3/h5-12,23H,13H2,1-4H3,(H2,24,25,26,28)/b11-9+. The van der Waals surface area contributed by atoms with E-state index in [0.717, 1.165) is 17.2 Å². The normalized spacial score (nSPS) is 11.2. The lowest BCUT2D eigenvalue weighted by molar-refractivity contribution is -0.143. The first kappa shape index (κ1) is 25.6. The van der Waals surface area contributed by atoms with Gasteiger partial charge in [-0.25, -0.2) is 22.7 Å². The number of rotatable bonds is 8. The van der Waals surface area contributed by atoms with Crippen LogP contribution in [0.4, 0.5) is 10.5 Å². The van der Waals surface area contributed by atoms with Crippen LogP contribution >= 0.6 is 0 Å². The van der Waals surface area contributed by atoms with Gasteiger partial charge in [0.1, 0.15) is 10.6 Å². The number of sulfonamides is 1. The summed E-state index contributed by atoms with van der Waals surface area (Å²) in [4.78, 5) is 35.6. The SMILES string of the molecule is CNS(=O)(=O)c1cc(/C=C/C(=O)OCC(=O)NC(=O)Nc2cccc(C)c2C)ccc1OC. The van der Waals surface area contributed by atoms with Crippen LogP contribution in [0.5, 0.6) is 5.75 Å². The van der Waals surface area contributed by atoms with Crippen LogP contribution < -0.4 is 20.1 Å². The fraction of sp³-hybridized carbons (Fsp3) is 0.227. The van der Waals surface area contributed by atoms with Gasteiger partial charge < -0.3 is 14.8 Å². The van der Waals surface area contributed by atoms with E-state index >= 15 is 0 Å². The lowest BCUT2D eigenvalue weighted by atomic mass is 10.1.